The molecule has 0 saturated heterocycles. The van der Waals surface area contributed by atoms with E-state index in [0.717, 1.165) is 22.7 Å². The van der Waals surface area contributed by atoms with Gasteiger partial charge in [0.05, 0.1) is 5.69 Å². The molecule has 0 bridgehead atoms. The lowest BCUT2D eigenvalue weighted by atomic mass is 10.1. The van der Waals surface area contributed by atoms with Crippen molar-refractivity contribution < 1.29 is 14.4 Å². The van der Waals surface area contributed by atoms with Crippen LogP contribution in [0.4, 0.5) is 11.4 Å². The van der Waals surface area contributed by atoms with Gasteiger partial charge in [0.15, 0.2) is 5.69 Å². The predicted octanol–water partition coefficient (Wildman–Crippen LogP) is 2.87. The van der Waals surface area contributed by atoms with Crippen molar-refractivity contribution in [2.75, 3.05) is 10.6 Å². The van der Waals surface area contributed by atoms with Crippen LogP contribution in [0.15, 0.2) is 54.6 Å². The fraction of sp³-hybridized carbons (Fsp3) is 0.217. The number of nitrogens with zero attached hydrogens (tertiary/aromatic N) is 2. The number of aromatic nitrogens is 1. The van der Waals surface area contributed by atoms with Gasteiger partial charge in [-0.2, -0.15) is 4.37 Å². The molecule has 3 amide bonds. The van der Waals surface area contributed by atoms with Crippen molar-refractivity contribution >= 4 is 40.6 Å². The third-order valence-corrected chi connectivity index (χ3v) is 5.82. The number of rotatable bonds is 8. The van der Waals surface area contributed by atoms with E-state index in [0.29, 0.717) is 18.7 Å². The lowest BCUT2D eigenvalue weighted by Gasteiger charge is -2.30. The highest BCUT2D eigenvalue weighted by atomic mass is 32.1. The van der Waals surface area contributed by atoms with Crippen LogP contribution in [0.3, 0.4) is 0 Å². The van der Waals surface area contributed by atoms with Gasteiger partial charge in [-0.1, -0.05) is 49.4 Å². The third kappa shape index (κ3) is 4.94. The van der Waals surface area contributed by atoms with Crippen LogP contribution in [0.25, 0.3) is 0 Å². The van der Waals surface area contributed by atoms with Crippen LogP contribution in [0, 0.1) is 6.92 Å². The summed E-state index contributed by atoms with van der Waals surface area (Å²) in [5.41, 5.74) is 13.5. The van der Waals surface area contributed by atoms with Crippen LogP contribution in [0.1, 0.15) is 44.6 Å². The van der Waals surface area contributed by atoms with E-state index in [4.69, 9.17) is 11.5 Å². The maximum Gasteiger partial charge on any atom is 0.272 e. The number of aryl methyl sites for hydroxylation is 1. The largest absolute Gasteiger partial charge is 0.395 e. The Morgan fingerprint density at radius 3 is 2.44 bits per heavy atom. The molecule has 0 radical (unpaired) electrons. The molecule has 9 heteroatoms. The van der Waals surface area contributed by atoms with Crippen LogP contribution in [0.2, 0.25) is 0 Å². The number of hydrogen-bond donors (Lipinski definition) is 3. The summed E-state index contributed by atoms with van der Waals surface area (Å²) in [6, 6.07) is 16.0. The maximum atomic E-state index is 13.6. The van der Waals surface area contributed by atoms with Crippen molar-refractivity contribution in [3.8, 4) is 0 Å². The number of benzene rings is 2. The average molecular weight is 452 g/mol. The monoisotopic (exact) mass is 451 g/mol. The Morgan fingerprint density at radius 2 is 1.84 bits per heavy atom. The summed E-state index contributed by atoms with van der Waals surface area (Å²) in [5.74, 6) is -1.63. The van der Waals surface area contributed by atoms with Gasteiger partial charge in [0.1, 0.15) is 10.9 Å². The van der Waals surface area contributed by atoms with Gasteiger partial charge in [-0.15, -0.1) is 0 Å². The zero-order valence-electron chi connectivity index (χ0n) is 17.9. The van der Waals surface area contributed by atoms with Crippen molar-refractivity contribution in [2.24, 2.45) is 5.73 Å². The molecule has 0 unspecified atom stereocenters. The highest BCUT2D eigenvalue weighted by molar-refractivity contribution is 7.09. The molecule has 5 N–H and O–H groups in total. The second-order valence-corrected chi connectivity index (χ2v) is 8.05. The molecule has 1 atom stereocenters. The van der Waals surface area contributed by atoms with Crippen LogP contribution < -0.4 is 21.7 Å². The number of nitrogen functional groups attached to an aromatic ring is 1. The van der Waals surface area contributed by atoms with E-state index >= 15 is 0 Å². The van der Waals surface area contributed by atoms with E-state index in [1.54, 1.807) is 6.07 Å². The lowest BCUT2D eigenvalue weighted by molar-refractivity contribution is -0.122. The molecule has 2 aromatic carbocycles. The summed E-state index contributed by atoms with van der Waals surface area (Å²) < 4.78 is 3.93. The predicted molar refractivity (Wildman–Crippen MR) is 125 cm³/mol. The van der Waals surface area contributed by atoms with Crippen molar-refractivity contribution in [2.45, 2.75) is 32.9 Å². The molecule has 0 saturated carbocycles. The number of carbonyl (C=O) groups excluding carboxylic acids is 3. The second-order valence-electron chi connectivity index (χ2n) is 7.28. The van der Waals surface area contributed by atoms with Crippen LogP contribution in [0.5, 0.6) is 0 Å². The van der Waals surface area contributed by atoms with E-state index in [9.17, 15) is 14.4 Å². The quantitative estimate of drug-likeness (QED) is 0.485. The maximum absolute atomic E-state index is 13.6. The van der Waals surface area contributed by atoms with Gasteiger partial charge in [0.2, 0.25) is 5.91 Å². The van der Waals surface area contributed by atoms with Gasteiger partial charge >= 0.3 is 0 Å². The first-order valence-electron chi connectivity index (χ1n) is 10.1. The highest BCUT2D eigenvalue weighted by Crippen LogP contribution is 2.28. The van der Waals surface area contributed by atoms with Gasteiger partial charge in [0.25, 0.3) is 11.8 Å². The first kappa shape index (κ1) is 23.0. The van der Waals surface area contributed by atoms with E-state index in [1.165, 1.54) is 4.90 Å². The molecule has 3 aromatic rings. The van der Waals surface area contributed by atoms with Gasteiger partial charge in [-0.3, -0.25) is 19.3 Å². The Bertz CT molecular complexity index is 1130. The van der Waals surface area contributed by atoms with E-state index in [2.05, 4.69) is 9.69 Å². The number of amides is 3. The molecule has 1 heterocycles. The summed E-state index contributed by atoms with van der Waals surface area (Å²) in [6.07, 6.45) is 0.363. The van der Waals surface area contributed by atoms with Crippen molar-refractivity contribution in [1.82, 2.24) is 9.69 Å². The van der Waals surface area contributed by atoms with Crippen LogP contribution >= 0.6 is 11.5 Å². The molecule has 8 nitrogen and oxygen atoms in total. The minimum Gasteiger partial charge on any atom is -0.395 e. The lowest BCUT2D eigenvalue weighted by Crippen LogP contribution is -2.49. The van der Waals surface area contributed by atoms with Crippen molar-refractivity contribution in [1.29, 1.82) is 0 Å². The zero-order chi connectivity index (χ0) is 23.3. The highest BCUT2D eigenvalue weighted by Gasteiger charge is 2.33. The summed E-state index contributed by atoms with van der Waals surface area (Å²) in [7, 11) is 0. The summed E-state index contributed by atoms with van der Waals surface area (Å²) in [5, 5.41) is 2.91. The molecule has 0 spiro atoms. The summed E-state index contributed by atoms with van der Waals surface area (Å²) in [6.45, 7) is 4.06. The number of carbonyl (C=O) groups is 3. The Balaban J connectivity index is 1.96. The third-order valence-electron chi connectivity index (χ3n) is 4.96. The number of hydrogen-bond acceptors (Lipinski definition) is 6. The molecule has 32 heavy (non-hydrogen) atoms. The van der Waals surface area contributed by atoms with Gasteiger partial charge in [0, 0.05) is 12.2 Å². The second kappa shape index (κ2) is 10.1. The van der Waals surface area contributed by atoms with E-state index < -0.39 is 17.9 Å². The minimum atomic E-state index is -0.812. The molecular weight excluding hydrogens is 426 g/mol. The summed E-state index contributed by atoms with van der Waals surface area (Å²) in [4.78, 5) is 39.8. The molecular formula is C23H25N5O3S. The molecule has 0 aliphatic heterocycles. The van der Waals surface area contributed by atoms with Gasteiger partial charge in [-0.05, 0) is 48.1 Å². The van der Waals surface area contributed by atoms with Gasteiger partial charge in [-0.25, -0.2) is 0 Å². The summed E-state index contributed by atoms with van der Waals surface area (Å²) >= 11 is 0.791. The fourth-order valence-corrected chi connectivity index (χ4v) is 4.09. The molecule has 0 aliphatic carbocycles. The molecule has 166 valence electrons. The van der Waals surface area contributed by atoms with E-state index in [-0.39, 0.29) is 22.2 Å². The minimum absolute atomic E-state index is 0.0645. The number of primary amides is 1. The van der Waals surface area contributed by atoms with E-state index in [1.807, 2.05) is 62.4 Å². The Labute approximate surface area is 190 Å². The SMILES string of the molecule is CC[C@H](C(=O)NCc1ccccc1)N(C(=O)c1snc(C(N)=O)c1N)c1cccc(C)c1. The fourth-order valence-electron chi connectivity index (χ4n) is 3.34. The molecule has 1 aromatic heterocycles. The number of nitrogens with one attached hydrogen (secondary N) is 1. The molecule has 0 fully saturated rings. The number of anilines is 2. The topological polar surface area (TPSA) is 131 Å². The molecule has 0 aliphatic rings. The molecule has 3 rings (SSSR count). The van der Waals surface area contributed by atoms with Crippen LogP contribution in [-0.2, 0) is 11.3 Å². The Kier molecular flexibility index (Phi) is 7.21. The first-order chi connectivity index (χ1) is 15.3. The smallest absolute Gasteiger partial charge is 0.272 e. The van der Waals surface area contributed by atoms with Crippen LogP contribution in [-0.4, -0.2) is 28.1 Å². The first-order valence-corrected chi connectivity index (χ1v) is 10.9. The zero-order valence-corrected chi connectivity index (χ0v) is 18.7. The van der Waals surface area contributed by atoms with Gasteiger partial charge < -0.3 is 16.8 Å². The van der Waals surface area contributed by atoms with Crippen molar-refractivity contribution in [3.05, 3.63) is 76.3 Å². The normalized spacial score (nSPS) is 11.6. The number of nitrogens with two attached hydrogens (primary N) is 2. The Hall–Kier alpha value is -3.72. The Morgan fingerprint density at radius 1 is 1.12 bits per heavy atom. The van der Waals surface area contributed by atoms with Crippen molar-refractivity contribution in [3.63, 3.8) is 0 Å². The average Bonchev–Trinajstić information content (AvgIpc) is 3.17. The standard InChI is InChI=1S/C23H25N5O3S/c1-3-17(22(30)26-13-15-9-5-4-6-10-15)28(16-11-7-8-14(2)12-16)23(31)20-18(24)19(21(25)29)27-32-20/h4-12,17H,3,13,24H2,1-2H3,(H2,25,29)(H,26,30)/t17-/m1/s1.